The van der Waals surface area contributed by atoms with E-state index in [0.717, 1.165) is 30.0 Å². The molecule has 2 aromatic rings. The van der Waals surface area contributed by atoms with Gasteiger partial charge in [-0.1, -0.05) is 12.1 Å². The minimum absolute atomic E-state index is 0.0551. The number of hydrogen-bond acceptors (Lipinski definition) is 5. The van der Waals surface area contributed by atoms with Crippen LogP contribution in [0.1, 0.15) is 46.7 Å². The van der Waals surface area contributed by atoms with Gasteiger partial charge in [-0.25, -0.2) is 9.97 Å². The van der Waals surface area contributed by atoms with Crippen molar-refractivity contribution in [2.45, 2.75) is 24.9 Å². The number of amides is 1. The number of methoxy groups -OCH3 is 1. The molecule has 6 nitrogen and oxygen atoms in total. The molecule has 0 spiro atoms. The minimum atomic E-state index is -0.155. The highest BCUT2D eigenvalue weighted by Crippen LogP contribution is 2.37. The molecule has 1 atom stereocenters. The van der Waals surface area contributed by atoms with E-state index in [1.165, 1.54) is 0 Å². The van der Waals surface area contributed by atoms with Gasteiger partial charge >= 0.3 is 0 Å². The Morgan fingerprint density at radius 2 is 2.20 bits per heavy atom. The van der Waals surface area contributed by atoms with Crippen LogP contribution in [0.3, 0.4) is 0 Å². The third-order valence-electron chi connectivity index (χ3n) is 4.66. The van der Waals surface area contributed by atoms with E-state index < -0.39 is 0 Å². The molecular formula is C19H21N3O3. The third kappa shape index (κ3) is 3.49. The normalized spacial score (nSPS) is 20.4. The second-order valence-corrected chi connectivity index (χ2v) is 6.46. The molecule has 2 heterocycles. The highest BCUT2D eigenvalue weighted by molar-refractivity contribution is 5.92. The van der Waals surface area contributed by atoms with Gasteiger partial charge < -0.3 is 14.4 Å². The van der Waals surface area contributed by atoms with E-state index in [1.54, 1.807) is 19.4 Å². The Bertz CT molecular complexity index is 776. The summed E-state index contributed by atoms with van der Waals surface area (Å²) in [6, 6.07) is 9.48. The SMILES string of the molecule is COc1cccc(C2CN(C(=O)c3ccnc(C4CC4)n3)CCO2)c1. The molecular weight excluding hydrogens is 318 g/mol. The average Bonchev–Trinajstić information content (AvgIpc) is 3.53. The van der Waals surface area contributed by atoms with Crippen molar-refractivity contribution in [1.29, 1.82) is 0 Å². The zero-order valence-electron chi connectivity index (χ0n) is 14.2. The van der Waals surface area contributed by atoms with Crippen LogP contribution < -0.4 is 4.74 Å². The molecule has 1 aromatic carbocycles. The molecule has 2 aliphatic rings. The van der Waals surface area contributed by atoms with Crippen molar-refractivity contribution < 1.29 is 14.3 Å². The number of carbonyl (C=O) groups is 1. The van der Waals surface area contributed by atoms with Crippen molar-refractivity contribution in [3.8, 4) is 5.75 Å². The first kappa shape index (κ1) is 16.0. The van der Waals surface area contributed by atoms with Crippen molar-refractivity contribution in [1.82, 2.24) is 14.9 Å². The summed E-state index contributed by atoms with van der Waals surface area (Å²) >= 11 is 0. The van der Waals surface area contributed by atoms with Crippen LogP contribution in [0.2, 0.25) is 0 Å². The number of nitrogens with zero attached hydrogens (tertiary/aromatic N) is 3. The van der Waals surface area contributed by atoms with Gasteiger partial charge in [0.25, 0.3) is 5.91 Å². The number of aromatic nitrogens is 2. The summed E-state index contributed by atoms with van der Waals surface area (Å²) in [7, 11) is 1.64. The fourth-order valence-corrected chi connectivity index (χ4v) is 3.07. The number of rotatable bonds is 4. The molecule has 25 heavy (non-hydrogen) atoms. The number of hydrogen-bond donors (Lipinski definition) is 0. The lowest BCUT2D eigenvalue weighted by Crippen LogP contribution is -2.42. The van der Waals surface area contributed by atoms with Crippen LogP contribution in [0.5, 0.6) is 5.75 Å². The Labute approximate surface area is 146 Å². The van der Waals surface area contributed by atoms with Crippen LogP contribution in [0.25, 0.3) is 0 Å². The standard InChI is InChI=1S/C19H21N3O3/c1-24-15-4-2-3-14(11-15)17-12-22(9-10-25-17)19(23)16-7-8-20-18(21-16)13-5-6-13/h2-4,7-8,11,13,17H,5-6,9-10,12H2,1H3. The molecule has 6 heteroatoms. The molecule has 1 aromatic heterocycles. The lowest BCUT2D eigenvalue weighted by atomic mass is 10.1. The lowest BCUT2D eigenvalue weighted by Gasteiger charge is -2.33. The van der Waals surface area contributed by atoms with E-state index in [1.807, 2.05) is 29.2 Å². The first-order valence-electron chi connectivity index (χ1n) is 8.62. The van der Waals surface area contributed by atoms with E-state index in [9.17, 15) is 4.79 Å². The topological polar surface area (TPSA) is 64.5 Å². The molecule has 1 saturated heterocycles. The average molecular weight is 339 g/mol. The first-order chi connectivity index (χ1) is 12.2. The van der Waals surface area contributed by atoms with Gasteiger partial charge in [-0.2, -0.15) is 0 Å². The maximum absolute atomic E-state index is 12.9. The molecule has 4 rings (SSSR count). The van der Waals surface area contributed by atoms with Crippen LogP contribution in [-0.2, 0) is 4.74 Å². The summed E-state index contributed by atoms with van der Waals surface area (Å²) in [6.45, 7) is 1.59. The van der Waals surface area contributed by atoms with Crippen molar-refractivity contribution in [2.24, 2.45) is 0 Å². The highest BCUT2D eigenvalue weighted by atomic mass is 16.5. The largest absolute Gasteiger partial charge is 0.497 e. The molecule has 1 unspecified atom stereocenters. The van der Waals surface area contributed by atoms with E-state index >= 15 is 0 Å². The molecule has 0 N–H and O–H groups in total. The molecule has 1 aliphatic heterocycles. The van der Waals surface area contributed by atoms with Crippen molar-refractivity contribution in [2.75, 3.05) is 26.8 Å². The number of carbonyl (C=O) groups excluding carboxylic acids is 1. The van der Waals surface area contributed by atoms with Gasteiger partial charge in [-0.15, -0.1) is 0 Å². The molecule has 0 bridgehead atoms. The second-order valence-electron chi connectivity index (χ2n) is 6.46. The predicted octanol–water partition coefficient (Wildman–Crippen LogP) is 2.58. The smallest absolute Gasteiger partial charge is 0.272 e. The van der Waals surface area contributed by atoms with Gasteiger partial charge in [0, 0.05) is 18.7 Å². The highest BCUT2D eigenvalue weighted by Gasteiger charge is 2.30. The van der Waals surface area contributed by atoms with E-state index in [-0.39, 0.29) is 12.0 Å². The van der Waals surface area contributed by atoms with Gasteiger partial charge in [-0.05, 0) is 36.6 Å². The van der Waals surface area contributed by atoms with E-state index in [4.69, 9.17) is 9.47 Å². The van der Waals surface area contributed by atoms with Crippen LogP contribution in [-0.4, -0.2) is 47.6 Å². The summed E-state index contributed by atoms with van der Waals surface area (Å²) < 4.78 is 11.1. The van der Waals surface area contributed by atoms with Crippen LogP contribution in [0.15, 0.2) is 36.5 Å². The second kappa shape index (κ2) is 6.80. The quantitative estimate of drug-likeness (QED) is 0.857. The fraction of sp³-hybridized carbons (Fsp3) is 0.421. The Balaban J connectivity index is 1.50. The Kier molecular flexibility index (Phi) is 4.36. The minimum Gasteiger partial charge on any atom is -0.497 e. The van der Waals surface area contributed by atoms with E-state index in [2.05, 4.69) is 9.97 Å². The third-order valence-corrected chi connectivity index (χ3v) is 4.66. The molecule has 1 amide bonds. The maximum Gasteiger partial charge on any atom is 0.272 e. The van der Waals surface area contributed by atoms with E-state index in [0.29, 0.717) is 31.3 Å². The number of ether oxygens (including phenoxy) is 2. The van der Waals surface area contributed by atoms with Gasteiger partial charge in [0.05, 0.1) is 20.3 Å². The summed E-state index contributed by atoms with van der Waals surface area (Å²) in [4.78, 5) is 23.4. The zero-order chi connectivity index (χ0) is 17.2. The van der Waals surface area contributed by atoms with Crippen LogP contribution in [0.4, 0.5) is 0 Å². The number of benzene rings is 1. The summed E-state index contributed by atoms with van der Waals surface area (Å²) in [6.07, 6.45) is 3.77. The van der Waals surface area contributed by atoms with Gasteiger partial charge in [0.15, 0.2) is 0 Å². The lowest BCUT2D eigenvalue weighted by molar-refractivity contribution is -0.0230. The Morgan fingerprint density at radius 1 is 1.32 bits per heavy atom. The van der Waals surface area contributed by atoms with Crippen molar-refractivity contribution in [3.63, 3.8) is 0 Å². The summed E-state index contributed by atoms with van der Waals surface area (Å²) in [5.41, 5.74) is 1.49. The first-order valence-corrected chi connectivity index (χ1v) is 8.62. The molecule has 1 aliphatic carbocycles. The van der Waals surface area contributed by atoms with Crippen molar-refractivity contribution in [3.05, 3.63) is 53.6 Å². The zero-order valence-corrected chi connectivity index (χ0v) is 14.2. The summed E-state index contributed by atoms with van der Waals surface area (Å²) in [5, 5.41) is 0. The van der Waals surface area contributed by atoms with Crippen LogP contribution in [0, 0.1) is 0 Å². The monoisotopic (exact) mass is 339 g/mol. The number of morpholine rings is 1. The fourth-order valence-electron chi connectivity index (χ4n) is 3.07. The predicted molar refractivity (Wildman–Crippen MR) is 91.6 cm³/mol. The Hall–Kier alpha value is -2.47. The maximum atomic E-state index is 12.9. The summed E-state index contributed by atoms with van der Waals surface area (Å²) in [5.74, 6) is 1.96. The van der Waals surface area contributed by atoms with Gasteiger partial charge in [-0.3, -0.25) is 4.79 Å². The molecule has 0 radical (unpaired) electrons. The van der Waals surface area contributed by atoms with Gasteiger partial charge in [0.2, 0.25) is 0 Å². The molecule has 1 saturated carbocycles. The Morgan fingerprint density at radius 3 is 3.00 bits per heavy atom. The molecule has 130 valence electrons. The van der Waals surface area contributed by atoms with Gasteiger partial charge in [0.1, 0.15) is 23.4 Å². The van der Waals surface area contributed by atoms with Crippen LogP contribution >= 0.6 is 0 Å². The van der Waals surface area contributed by atoms with Crippen molar-refractivity contribution >= 4 is 5.91 Å². The molecule has 2 fully saturated rings.